The minimum atomic E-state index is -0.421. The molecule has 2 fully saturated rings. The van der Waals surface area contributed by atoms with Gasteiger partial charge in [0.05, 0.1) is 19.7 Å². The highest BCUT2D eigenvalue weighted by atomic mass is 16.6. The van der Waals surface area contributed by atoms with Crippen molar-refractivity contribution >= 4 is 12.0 Å². The Morgan fingerprint density at radius 3 is 2.78 bits per heavy atom. The molecule has 3 atom stereocenters. The van der Waals surface area contributed by atoms with Gasteiger partial charge in [-0.25, -0.2) is 0 Å². The fraction of sp³-hybridized carbons (Fsp3) is 0.364. The second-order valence-electron chi connectivity index (χ2n) is 7.24. The number of ether oxygens (including phenoxy) is 2. The second kappa shape index (κ2) is 7.62. The van der Waals surface area contributed by atoms with Gasteiger partial charge in [0.15, 0.2) is 0 Å². The van der Waals surface area contributed by atoms with E-state index in [0.717, 1.165) is 12.0 Å². The second-order valence-corrected chi connectivity index (χ2v) is 7.24. The Bertz CT molecular complexity index is 809. The highest BCUT2D eigenvalue weighted by Gasteiger charge is 2.53. The van der Waals surface area contributed by atoms with Gasteiger partial charge < -0.3 is 14.4 Å². The van der Waals surface area contributed by atoms with Gasteiger partial charge in [0.2, 0.25) is 5.91 Å². The molecule has 0 unspecified atom stereocenters. The van der Waals surface area contributed by atoms with Gasteiger partial charge in [-0.05, 0) is 35.8 Å². The van der Waals surface area contributed by atoms with Crippen LogP contribution in [0.3, 0.4) is 0 Å². The van der Waals surface area contributed by atoms with Crippen molar-refractivity contribution in [2.45, 2.75) is 24.0 Å². The van der Waals surface area contributed by atoms with Crippen molar-refractivity contribution in [2.75, 3.05) is 26.8 Å². The number of aromatic nitrogens is 1. The summed E-state index contributed by atoms with van der Waals surface area (Å²) in [4.78, 5) is 18.5. The number of likely N-dealkylation sites (tertiary alicyclic amines) is 1. The van der Waals surface area contributed by atoms with Crippen molar-refractivity contribution in [2.24, 2.45) is 0 Å². The van der Waals surface area contributed by atoms with Crippen LogP contribution < -0.4 is 0 Å². The Hall–Kier alpha value is -2.50. The van der Waals surface area contributed by atoms with Gasteiger partial charge in [-0.3, -0.25) is 9.78 Å². The topological polar surface area (TPSA) is 51.7 Å². The van der Waals surface area contributed by atoms with E-state index in [1.807, 2.05) is 29.2 Å². The van der Waals surface area contributed by atoms with Gasteiger partial charge >= 0.3 is 0 Å². The summed E-state index contributed by atoms with van der Waals surface area (Å²) in [6.07, 6.45) is 7.62. The van der Waals surface area contributed by atoms with E-state index < -0.39 is 5.60 Å². The lowest BCUT2D eigenvalue weighted by molar-refractivity contribution is -0.126. The molecule has 1 aromatic carbocycles. The van der Waals surface area contributed by atoms with Gasteiger partial charge in [0.25, 0.3) is 0 Å². The highest BCUT2D eigenvalue weighted by molar-refractivity contribution is 5.92. The van der Waals surface area contributed by atoms with Crippen LogP contribution in [0.25, 0.3) is 6.08 Å². The summed E-state index contributed by atoms with van der Waals surface area (Å²) in [6.45, 7) is 1.78. The standard InChI is InChI=1S/C22H24N2O3/c1-26-20-14-24(21(25)8-7-17-9-11-23-12-10-17)16-22(20)13-19(15-27-22)18-5-3-2-4-6-18/h2-12,19-20H,13-16H2,1H3/b8-7+/t19-,20-,22-/m1/s1. The predicted octanol–water partition coefficient (Wildman–Crippen LogP) is 2.89. The molecule has 4 rings (SSSR count). The number of hydrogen-bond donors (Lipinski definition) is 0. The van der Waals surface area contributed by atoms with E-state index in [-0.39, 0.29) is 12.0 Å². The number of nitrogens with zero attached hydrogens (tertiary/aromatic N) is 2. The van der Waals surface area contributed by atoms with Crippen molar-refractivity contribution in [3.63, 3.8) is 0 Å². The van der Waals surface area contributed by atoms with Crippen LogP contribution in [0.2, 0.25) is 0 Å². The zero-order valence-electron chi connectivity index (χ0n) is 15.5. The monoisotopic (exact) mass is 364 g/mol. The van der Waals surface area contributed by atoms with Crippen LogP contribution in [0.5, 0.6) is 0 Å². The lowest BCUT2D eigenvalue weighted by atomic mass is 9.87. The average molecular weight is 364 g/mol. The molecular weight excluding hydrogens is 340 g/mol. The quantitative estimate of drug-likeness (QED) is 0.783. The van der Waals surface area contributed by atoms with Crippen molar-refractivity contribution in [1.29, 1.82) is 0 Å². The van der Waals surface area contributed by atoms with Crippen LogP contribution in [0, 0.1) is 0 Å². The van der Waals surface area contributed by atoms with E-state index in [2.05, 4.69) is 29.2 Å². The summed E-state index contributed by atoms with van der Waals surface area (Å²) in [5.41, 5.74) is 1.82. The van der Waals surface area contributed by atoms with Crippen molar-refractivity contribution in [3.05, 3.63) is 72.1 Å². The minimum Gasteiger partial charge on any atom is -0.377 e. The summed E-state index contributed by atoms with van der Waals surface area (Å²) in [5.74, 6) is 0.323. The van der Waals surface area contributed by atoms with Crippen molar-refractivity contribution in [3.8, 4) is 0 Å². The maximum Gasteiger partial charge on any atom is 0.246 e. The number of amides is 1. The molecule has 2 aliphatic heterocycles. The predicted molar refractivity (Wildman–Crippen MR) is 103 cm³/mol. The summed E-state index contributed by atoms with van der Waals surface area (Å²) in [7, 11) is 1.70. The molecule has 0 aliphatic carbocycles. The zero-order valence-corrected chi connectivity index (χ0v) is 15.5. The Morgan fingerprint density at radius 2 is 2.04 bits per heavy atom. The number of benzene rings is 1. The van der Waals surface area contributed by atoms with Gasteiger partial charge in [-0.15, -0.1) is 0 Å². The minimum absolute atomic E-state index is 0.0162. The molecule has 1 spiro atoms. The van der Waals surface area contributed by atoms with E-state index in [9.17, 15) is 4.79 Å². The molecule has 0 radical (unpaired) electrons. The van der Waals surface area contributed by atoms with Crippen LogP contribution in [0.1, 0.15) is 23.5 Å². The third kappa shape index (κ3) is 3.66. The molecule has 2 saturated heterocycles. The molecule has 5 heteroatoms. The summed E-state index contributed by atoms with van der Waals surface area (Å²) in [5, 5.41) is 0. The Morgan fingerprint density at radius 1 is 1.26 bits per heavy atom. The first-order valence-electron chi connectivity index (χ1n) is 9.29. The van der Waals surface area contributed by atoms with Gasteiger partial charge in [-0.2, -0.15) is 0 Å². The smallest absolute Gasteiger partial charge is 0.246 e. The van der Waals surface area contributed by atoms with Crippen LogP contribution in [-0.2, 0) is 14.3 Å². The first kappa shape index (κ1) is 17.9. The molecule has 27 heavy (non-hydrogen) atoms. The SMILES string of the molecule is CO[C@@H]1CN(C(=O)/C=C/c2ccncc2)C[C@]12C[C@@H](c1ccccc1)CO2. The largest absolute Gasteiger partial charge is 0.377 e. The third-order valence-corrected chi connectivity index (χ3v) is 5.59. The first-order valence-corrected chi connectivity index (χ1v) is 9.29. The summed E-state index contributed by atoms with van der Waals surface area (Å²) < 4.78 is 12.0. The Kier molecular flexibility index (Phi) is 5.05. The lowest BCUT2D eigenvalue weighted by Crippen LogP contribution is -2.42. The normalized spacial score (nSPS) is 27.7. The van der Waals surface area contributed by atoms with E-state index >= 15 is 0 Å². The van der Waals surface area contributed by atoms with E-state index in [1.54, 1.807) is 25.6 Å². The number of rotatable bonds is 4. The number of hydrogen-bond acceptors (Lipinski definition) is 4. The molecule has 2 aromatic rings. The van der Waals surface area contributed by atoms with E-state index in [0.29, 0.717) is 25.6 Å². The lowest BCUT2D eigenvalue weighted by Gasteiger charge is -2.28. The fourth-order valence-corrected chi connectivity index (χ4v) is 4.14. The molecule has 0 saturated carbocycles. The van der Waals surface area contributed by atoms with E-state index in [4.69, 9.17) is 9.47 Å². The molecular formula is C22H24N2O3. The zero-order chi connectivity index (χ0) is 18.7. The average Bonchev–Trinajstić information content (AvgIpc) is 3.32. The molecule has 3 heterocycles. The fourth-order valence-electron chi connectivity index (χ4n) is 4.14. The Balaban J connectivity index is 1.46. The molecule has 1 aromatic heterocycles. The summed E-state index contributed by atoms with van der Waals surface area (Å²) in [6, 6.07) is 14.2. The maximum atomic E-state index is 12.7. The van der Waals surface area contributed by atoms with Gasteiger partial charge in [0, 0.05) is 31.5 Å². The number of carbonyl (C=O) groups is 1. The van der Waals surface area contributed by atoms with Crippen LogP contribution in [0.4, 0.5) is 0 Å². The van der Waals surface area contributed by atoms with Crippen LogP contribution in [-0.4, -0.2) is 54.3 Å². The third-order valence-electron chi connectivity index (χ3n) is 5.59. The molecule has 0 N–H and O–H groups in total. The maximum absolute atomic E-state index is 12.7. The number of carbonyl (C=O) groups excluding carboxylic acids is 1. The van der Waals surface area contributed by atoms with Crippen LogP contribution >= 0.6 is 0 Å². The summed E-state index contributed by atoms with van der Waals surface area (Å²) >= 11 is 0. The van der Waals surface area contributed by atoms with Crippen molar-refractivity contribution < 1.29 is 14.3 Å². The molecule has 0 bridgehead atoms. The molecule has 5 nitrogen and oxygen atoms in total. The molecule has 140 valence electrons. The van der Waals surface area contributed by atoms with Crippen LogP contribution in [0.15, 0.2) is 60.9 Å². The number of methoxy groups -OCH3 is 1. The Labute approximate surface area is 159 Å². The first-order chi connectivity index (χ1) is 13.2. The van der Waals surface area contributed by atoms with Crippen molar-refractivity contribution in [1.82, 2.24) is 9.88 Å². The van der Waals surface area contributed by atoms with Gasteiger partial charge in [-0.1, -0.05) is 30.3 Å². The number of pyridine rings is 1. The molecule has 2 aliphatic rings. The van der Waals surface area contributed by atoms with Gasteiger partial charge in [0.1, 0.15) is 11.7 Å². The highest BCUT2D eigenvalue weighted by Crippen LogP contribution is 2.43. The molecule has 1 amide bonds. The van der Waals surface area contributed by atoms with E-state index in [1.165, 1.54) is 5.56 Å².